The fraction of sp³-hybridized carbons (Fsp3) is 0.588. The molecule has 10 heteroatoms. The molecule has 27 heavy (non-hydrogen) atoms. The Bertz CT molecular complexity index is 917. The molecule has 3 heterocycles. The third-order valence-electron chi connectivity index (χ3n) is 5.04. The number of aryl methyl sites for hydroxylation is 2. The summed E-state index contributed by atoms with van der Waals surface area (Å²) < 4.78 is 30.6. The van der Waals surface area contributed by atoms with Gasteiger partial charge in [-0.05, 0) is 26.7 Å². The average molecular weight is 395 g/mol. The fourth-order valence-corrected chi connectivity index (χ4v) is 4.96. The van der Waals surface area contributed by atoms with Crippen LogP contribution >= 0.6 is 0 Å². The lowest BCUT2D eigenvalue weighted by Crippen LogP contribution is -2.45. The van der Waals surface area contributed by atoms with Crippen LogP contribution < -0.4 is 5.32 Å². The molecule has 1 aliphatic rings. The van der Waals surface area contributed by atoms with Crippen molar-refractivity contribution in [2.24, 2.45) is 13.0 Å². The Morgan fingerprint density at radius 2 is 2.11 bits per heavy atom. The number of piperidine rings is 1. The second-order valence-corrected chi connectivity index (χ2v) is 8.75. The van der Waals surface area contributed by atoms with E-state index in [1.54, 1.807) is 24.9 Å². The second kappa shape index (κ2) is 7.81. The topological polar surface area (TPSA) is 102 Å². The van der Waals surface area contributed by atoms with Gasteiger partial charge in [0, 0.05) is 45.0 Å². The van der Waals surface area contributed by atoms with E-state index in [-0.39, 0.29) is 23.3 Å². The Hall–Kier alpha value is -2.20. The minimum Gasteiger partial charge on any atom is -0.352 e. The maximum Gasteiger partial charge on any atom is 0.246 e. The summed E-state index contributed by atoms with van der Waals surface area (Å²) in [5.74, 6) is -0.478. The van der Waals surface area contributed by atoms with Gasteiger partial charge in [-0.2, -0.15) is 14.5 Å². The van der Waals surface area contributed by atoms with Gasteiger partial charge in [0.2, 0.25) is 15.9 Å². The van der Waals surface area contributed by atoms with Crippen LogP contribution in [0.1, 0.15) is 31.0 Å². The highest BCUT2D eigenvalue weighted by molar-refractivity contribution is 7.89. The summed E-state index contributed by atoms with van der Waals surface area (Å²) >= 11 is 0. The van der Waals surface area contributed by atoms with Gasteiger partial charge in [-0.3, -0.25) is 14.2 Å². The average Bonchev–Trinajstić information content (AvgIpc) is 3.27. The van der Waals surface area contributed by atoms with E-state index in [0.29, 0.717) is 31.6 Å². The lowest BCUT2D eigenvalue weighted by Gasteiger charge is -2.31. The number of hydrogen-bond donors (Lipinski definition) is 1. The summed E-state index contributed by atoms with van der Waals surface area (Å²) in [5, 5.41) is 11.1. The number of sulfonamides is 1. The Balaban J connectivity index is 1.64. The van der Waals surface area contributed by atoms with E-state index in [0.717, 1.165) is 12.1 Å². The number of nitrogens with one attached hydrogen (secondary N) is 1. The second-order valence-electron chi connectivity index (χ2n) is 6.84. The van der Waals surface area contributed by atoms with Gasteiger partial charge in [-0.1, -0.05) is 0 Å². The van der Waals surface area contributed by atoms with Gasteiger partial charge in [0.25, 0.3) is 0 Å². The van der Waals surface area contributed by atoms with Gasteiger partial charge >= 0.3 is 0 Å². The van der Waals surface area contributed by atoms with Gasteiger partial charge in [0.05, 0.1) is 24.0 Å². The summed E-state index contributed by atoms with van der Waals surface area (Å²) in [7, 11) is -1.94. The van der Waals surface area contributed by atoms with Gasteiger partial charge in [0.15, 0.2) is 0 Å². The van der Waals surface area contributed by atoms with Gasteiger partial charge in [0.1, 0.15) is 4.90 Å². The van der Waals surface area contributed by atoms with Gasteiger partial charge in [-0.25, -0.2) is 8.42 Å². The molecular formula is C17H26N6O3S. The molecule has 1 N–H and O–H groups in total. The van der Waals surface area contributed by atoms with E-state index < -0.39 is 10.0 Å². The third kappa shape index (κ3) is 4.06. The first-order valence-electron chi connectivity index (χ1n) is 9.10. The first-order valence-corrected chi connectivity index (χ1v) is 10.5. The SMILES string of the molecule is CCn1cc(CNC(=O)[C@H]2CCCN(S(=O)(=O)c3cnn(C)c3C)C2)cn1. The van der Waals surface area contributed by atoms with E-state index in [9.17, 15) is 13.2 Å². The molecule has 0 radical (unpaired) electrons. The molecule has 9 nitrogen and oxygen atoms in total. The molecule has 1 atom stereocenters. The van der Waals surface area contributed by atoms with Crippen molar-refractivity contribution in [1.82, 2.24) is 29.2 Å². The standard InChI is InChI=1S/C17H26N6O3S/c1-4-22-11-14(9-20-22)8-18-17(24)15-6-5-7-23(12-15)27(25,26)16-10-19-21(3)13(16)2/h9-11,15H,4-8,12H2,1-3H3,(H,18,24)/t15-/m0/s1. The Morgan fingerprint density at radius 3 is 2.74 bits per heavy atom. The van der Waals surface area contributed by atoms with Crippen molar-refractivity contribution < 1.29 is 13.2 Å². The summed E-state index contributed by atoms with van der Waals surface area (Å²) in [4.78, 5) is 12.8. The van der Waals surface area contributed by atoms with Crippen LogP contribution in [-0.4, -0.2) is 51.3 Å². The largest absolute Gasteiger partial charge is 0.352 e. The quantitative estimate of drug-likeness (QED) is 0.776. The number of nitrogens with zero attached hydrogens (tertiary/aromatic N) is 5. The van der Waals surface area contributed by atoms with Crippen LogP contribution in [0, 0.1) is 12.8 Å². The normalized spacial score (nSPS) is 18.6. The lowest BCUT2D eigenvalue weighted by atomic mass is 9.99. The number of amides is 1. The zero-order chi connectivity index (χ0) is 19.6. The van der Waals surface area contributed by atoms with Crippen LogP contribution in [0.3, 0.4) is 0 Å². The van der Waals surface area contributed by atoms with Crippen LogP contribution in [0.5, 0.6) is 0 Å². The van der Waals surface area contributed by atoms with E-state index >= 15 is 0 Å². The highest BCUT2D eigenvalue weighted by atomic mass is 32.2. The molecule has 0 spiro atoms. The van der Waals surface area contributed by atoms with Crippen LogP contribution in [0.2, 0.25) is 0 Å². The monoisotopic (exact) mass is 394 g/mol. The Kier molecular flexibility index (Phi) is 5.66. The highest BCUT2D eigenvalue weighted by Crippen LogP contribution is 2.25. The maximum atomic E-state index is 12.9. The van der Waals surface area contributed by atoms with E-state index in [1.807, 2.05) is 13.1 Å². The molecule has 2 aromatic rings. The zero-order valence-electron chi connectivity index (χ0n) is 15.9. The van der Waals surface area contributed by atoms with Crippen molar-refractivity contribution >= 4 is 15.9 Å². The summed E-state index contributed by atoms with van der Waals surface area (Å²) in [6, 6.07) is 0. The highest BCUT2D eigenvalue weighted by Gasteiger charge is 2.34. The summed E-state index contributed by atoms with van der Waals surface area (Å²) in [5.41, 5.74) is 1.52. The molecule has 2 aromatic heterocycles. The van der Waals surface area contributed by atoms with Crippen LogP contribution in [-0.2, 0) is 35.0 Å². The molecule has 148 valence electrons. The molecule has 3 rings (SSSR count). The molecule has 0 bridgehead atoms. The molecule has 0 saturated carbocycles. The first kappa shape index (κ1) is 19.6. The smallest absolute Gasteiger partial charge is 0.246 e. The number of aromatic nitrogens is 4. The van der Waals surface area contributed by atoms with Gasteiger partial charge < -0.3 is 5.32 Å². The van der Waals surface area contributed by atoms with E-state index in [4.69, 9.17) is 0 Å². The molecule has 0 unspecified atom stereocenters. The lowest BCUT2D eigenvalue weighted by molar-refractivity contribution is -0.126. The fourth-order valence-electron chi connectivity index (χ4n) is 3.25. The third-order valence-corrected chi connectivity index (χ3v) is 7.01. The summed E-state index contributed by atoms with van der Waals surface area (Å²) in [6.07, 6.45) is 6.33. The molecule has 1 amide bonds. The van der Waals surface area contributed by atoms with Crippen molar-refractivity contribution in [3.63, 3.8) is 0 Å². The molecule has 1 saturated heterocycles. The number of carbonyl (C=O) groups excluding carboxylic acids is 1. The predicted molar refractivity (Wildman–Crippen MR) is 99.2 cm³/mol. The Morgan fingerprint density at radius 1 is 1.33 bits per heavy atom. The molecule has 0 aliphatic carbocycles. The van der Waals surface area contributed by atoms with Crippen LogP contribution in [0.15, 0.2) is 23.5 Å². The van der Waals surface area contributed by atoms with Crippen molar-refractivity contribution in [3.8, 4) is 0 Å². The van der Waals surface area contributed by atoms with Crippen molar-refractivity contribution in [1.29, 1.82) is 0 Å². The van der Waals surface area contributed by atoms with Crippen molar-refractivity contribution in [3.05, 3.63) is 29.8 Å². The first-order chi connectivity index (χ1) is 12.8. The molecular weight excluding hydrogens is 368 g/mol. The van der Waals surface area contributed by atoms with Crippen molar-refractivity contribution in [2.45, 2.75) is 44.7 Å². The Labute approximate surface area is 159 Å². The van der Waals surface area contributed by atoms with Crippen LogP contribution in [0.4, 0.5) is 0 Å². The molecule has 1 aliphatic heterocycles. The maximum absolute atomic E-state index is 12.9. The van der Waals surface area contributed by atoms with E-state index in [1.165, 1.54) is 15.2 Å². The number of hydrogen-bond acceptors (Lipinski definition) is 5. The number of rotatable bonds is 6. The molecule has 0 aromatic carbocycles. The molecule has 1 fully saturated rings. The minimum atomic E-state index is -3.65. The van der Waals surface area contributed by atoms with Crippen LogP contribution in [0.25, 0.3) is 0 Å². The zero-order valence-corrected chi connectivity index (χ0v) is 16.7. The summed E-state index contributed by atoms with van der Waals surface area (Å²) in [6.45, 7) is 5.50. The minimum absolute atomic E-state index is 0.123. The van der Waals surface area contributed by atoms with Crippen molar-refractivity contribution in [2.75, 3.05) is 13.1 Å². The van der Waals surface area contributed by atoms with Gasteiger partial charge in [-0.15, -0.1) is 0 Å². The number of carbonyl (C=O) groups is 1. The van der Waals surface area contributed by atoms with E-state index in [2.05, 4.69) is 15.5 Å². The predicted octanol–water partition coefficient (Wildman–Crippen LogP) is 0.662.